The van der Waals surface area contributed by atoms with Crippen LogP contribution in [-0.4, -0.2) is 55.2 Å². The van der Waals surface area contributed by atoms with Crippen molar-refractivity contribution in [3.8, 4) is 0 Å². The van der Waals surface area contributed by atoms with Crippen molar-refractivity contribution in [2.45, 2.75) is 39.2 Å². The lowest BCUT2D eigenvalue weighted by Gasteiger charge is -2.26. The molecular formula is C17H28N4. The van der Waals surface area contributed by atoms with Crippen molar-refractivity contribution < 1.29 is 0 Å². The topological polar surface area (TPSA) is 22.6 Å². The fourth-order valence-electron chi connectivity index (χ4n) is 3.41. The van der Waals surface area contributed by atoms with Gasteiger partial charge in [-0.25, -0.2) is 4.98 Å². The number of hydrogen-bond donors (Lipinski definition) is 0. The lowest BCUT2D eigenvalue weighted by Crippen LogP contribution is -2.35. The number of anilines is 2. The zero-order valence-corrected chi connectivity index (χ0v) is 13.5. The van der Waals surface area contributed by atoms with Crippen LogP contribution in [0.15, 0.2) is 18.3 Å². The summed E-state index contributed by atoms with van der Waals surface area (Å²) in [6.45, 7) is 11.6. The van der Waals surface area contributed by atoms with Crippen molar-refractivity contribution in [3.05, 3.63) is 18.3 Å². The van der Waals surface area contributed by atoms with Crippen LogP contribution in [0.25, 0.3) is 0 Å². The van der Waals surface area contributed by atoms with Crippen LogP contribution in [-0.2, 0) is 0 Å². The van der Waals surface area contributed by atoms with E-state index in [1.807, 2.05) is 0 Å². The molecule has 1 aromatic rings. The molecule has 0 saturated carbocycles. The van der Waals surface area contributed by atoms with Crippen molar-refractivity contribution >= 4 is 11.5 Å². The maximum Gasteiger partial charge on any atom is 0.128 e. The molecular weight excluding hydrogens is 260 g/mol. The lowest BCUT2D eigenvalue weighted by molar-refractivity contribution is 0.238. The third kappa shape index (κ3) is 3.49. The maximum atomic E-state index is 4.69. The number of hydrogen-bond acceptors (Lipinski definition) is 4. The average molecular weight is 288 g/mol. The Morgan fingerprint density at radius 2 is 1.62 bits per heavy atom. The van der Waals surface area contributed by atoms with Gasteiger partial charge in [-0.15, -0.1) is 0 Å². The molecule has 0 aromatic carbocycles. The molecule has 0 unspecified atom stereocenters. The van der Waals surface area contributed by atoms with Crippen LogP contribution in [0.4, 0.5) is 11.5 Å². The Labute approximate surface area is 128 Å². The van der Waals surface area contributed by atoms with E-state index in [1.54, 1.807) is 0 Å². The van der Waals surface area contributed by atoms with E-state index in [0.717, 1.165) is 25.5 Å². The Morgan fingerprint density at radius 1 is 0.857 bits per heavy atom. The van der Waals surface area contributed by atoms with Gasteiger partial charge in [0.15, 0.2) is 0 Å². The summed E-state index contributed by atoms with van der Waals surface area (Å²) in [5, 5.41) is 0. The minimum atomic E-state index is 0.653. The van der Waals surface area contributed by atoms with Gasteiger partial charge in [-0.2, -0.15) is 0 Å². The largest absolute Gasteiger partial charge is 0.369 e. The Morgan fingerprint density at radius 3 is 2.29 bits per heavy atom. The van der Waals surface area contributed by atoms with E-state index in [9.17, 15) is 0 Å². The molecule has 0 atom stereocenters. The Hall–Kier alpha value is -1.29. The lowest BCUT2D eigenvalue weighted by atomic mass is 10.3. The highest BCUT2D eigenvalue weighted by Crippen LogP contribution is 2.22. The number of pyridine rings is 1. The second-order valence-corrected chi connectivity index (χ2v) is 6.54. The summed E-state index contributed by atoms with van der Waals surface area (Å²) in [4.78, 5) is 12.2. The van der Waals surface area contributed by atoms with E-state index in [2.05, 4.69) is 46.9 Å². The minimum absolute atomic E-state index is 0.653. The molecule has 0 bridgehead atoms. The van der Waals surface area contributed by atoms with Gasteiger partial charge in [0.05, 0.1) is 11.9 Å². The van der Waals surface area contributed by atoms with Crippen LogP contribution in [0.3, 0.4) is 0 Å². The van der Waals surface area contributed by atoms with Crippen molar-refractivity contribution in [1.82, 2.24) is 9.88 Å². The summed E-state index contributed by atoms with van der Waals surface area (Å²) in [6, 6.07) is 5.11. The minimum Gasteiger partial charge on any atom is -0.369 e. The highest BCUT2D eigenvalue weighted by Gasteiger charge is 2.18. The molecule has 2 aliphatic rings. The summed E-state index contributed by atoms with van der Waals surface area (Å²) in [5.41, 5.74) is 1.28. The van der Waals surface area contributed by atoms with Crippen molar-refractivity contribution in [2.75, 3.05) is 49.1 Å². The fourth-order valence-corrected chi connectivity index (χ4v) is 3.41. The quantitative estimate of drug-likeness (QED) is 0.852. The summed E-state index contributed by atoms with van der Waals surface area (Å²) >= 11 is 0. The molecule has 3 heterocycles. The first-order chi connectivity index (χ1) is 10.2. The van der Waals surface area contributed by atoms with Crippen LogP contribution in [0.1, 0.15) is 33.1 Å². The van der Waals surface area contributed by atoms with Crippen molar-refractivity contribution in [1.29, 1.82) is 0 Å². The molecule has 2 saturated heterocycles. The monoisotopic (exact) mass is 288 g/mol. The third-order valence-electron chi connectivity index (χ3n) is 4.79. The van der Waals surface area contributed by atoms with E-state index >= 15 is 0 Å². The van der Waals surface area contributed by atoms with Gasteiger partial charge in [0, 0.05) is 45.3 Å². The molecule has 0 radical (unpaired) electrons. The normalized spacial score (nSPS) is 21.1. The summed E-state index contributed by atoms with van der Waals surface area (Å²) in [7, 11) is 0. The second-order valence-electron chi connectivity index (χ2n) is 6.54. The molecule has 4 heteroatoms. The predicted molar refractivity (Wildman–Crippen MR) is 89.2 cm³/mol. The zero-order chi connectivity index (χ0) is 14.7. The van der Waals surface area contributed by atoms with Gasteiger partial charge < -0.3 is 9.80 Å². The van der Waals surface area contributed by atoms with E-state index < -0.39 is 0 Å². The summed E-state index contributed by atoms with van der Waals surface area (Å²) in [6.07, 6.45) is 5.92. The first kappa shape index (κ1) is 14.6. The van der Waals surface area contributed by atoms with E-state index in [-0.39, 0.29) is 0 Å². The van der Waals surface area contributed by atoms with Crippen LogP contribution < -0.4 is 9.80 Å². The van der Waals surface area contributed by atoms with Crippen molar-refractivity contribution in [2.24, 2.45) is 0 Å². The van der Waals surface area contributed by atoms with Gasteiger partial charge in [-0.3, -0.25) is 4.90 Å². The summed E-state index contributed by atoms with van der Waals surface area (Å²) < 4.78 is 0. The number of rotatable bonds is 3. The Balaban J connectivity index is 1.63. The van der Waals surface area contributed by atoms with Crippen LogP contribution >= 0.6 is 0 Å². The molecule has 0 aliphatic carbocycles. The molecule has 0 N–H and O–H groups in total. The van der Waals surface area contributed by atoms with E-state index in [4.69, 9.17) is 4.98 Å². The molecule has 21 heavy (non-hydrogen) atoms. The van der Waals surface area contributed by atoms with Gasteiger partial charge in [0.1, 0.15) is 5.82 Å². The average Bonchev–Trinajstić information content (AvgIpc) is 2.91. The highest BCUT2D eigenvalue weighted by atomic mass is 15.2. The smallest absolute Gasteiger partial charge is 0.128 e. The molecule has 2 aliphatic heterocycles. The fraction of sp³-hybridized carbons (Fsp3) is 0.706. The van der Waals surface area contributed by atoms with Gasteiger partial charge in [-0.1, -0.05) is 0 Å². The van der Waals surface area contributed by atoms with Gasteiger partial charge in [0.2, 0.25) is 0 Å². The number of nitrogens with zero attached hydrogens (tertiary/aromatic N) is 4. The second kappa shape index (κ2) is 6.65. The Bertz CT molecular complexity index is 437. The van der Waals surface area contributed by atoms with Crippen molar-refractivity contribution in [3.63, 3.8) is 0 Å². The molecule has 0 spiro atoms. The third-order valence-corrected chi connectivity index (χ3v) is 4.79. The Kier molecular flexibility index (Phi) is 4.63. The first-order valence-electron chi connectivity index (χ1n) is 8.44. The molecule has 2 fully saturated rings. The zero-order valence-electron chi connectivity index (χ0n) is 13.5. The SMILES string of the molecule is CC(C)N1CCCN(c2ccc(N3CCCC3)nc2)CC1. The highest BCUT2D eigenvalue weighted by molar-refractivity contribution is 5.51. The molecule has 3 rings (SSSR count). The van der Waals surface area contributed by atoms with Gasteiger partial charge in [-0.05, 0) is 45.2 Å². The van der Waals surface area contributed by atoms with Gasteiger partial charge >= 0.3 is 0 Å². The molecule has 0 amide bonds. The maximum absolute atomic E-state index is 4.69. The summed E-state index contributed by atoms with van der Waals surface area (Å²) in [5.74, 6) is 1.15. The first-order valence-corrected chi connectivity index (χ1v) is 8.44. The molecule has 4 nitrogen and oxygen atoms in total. The van der Waals surface area contributed by atoms with Crippen LogP contribution in [0, 0.1) is 0 Å². The molecule has 116 valence electrons. The predicted octanol–water partition coefficient (Wildman–Crippen LogP) is 2.60. The van der Waals surface area contributed by atoms with E-state index in [1.165, 1.54) is 44.6 Å². The van der Waals surface area contributed by atoms with Crippen LogP contribution in [0.5, 0.6) is 0 Å². The molecule has 1 aromatic heterocycles. The standard InChI is InChI=1S/C17H28N4/c1-15(2)19-10-5-11-20(13-12-19)16-6-7-17(18-14-16)21-8-3-4-9-21/h6-7,14-15H,3-5,8-13H2,1-2H3. The van der Waals surface area contributed by atoms with Crippen LogP contribution in [0.2, 0.25) is 0 Å². The van der Waals surface area contributed by atoms with E-state index in [0.29, 0.717) is 6.04 Å². The van der Waals surface area contributed by atoms with Gasteiger partial charge in [0.25, 0.3) is 0 Å². The number of aromatic nitrogens is 1.